The Kier molecular flexibility index (Phi) is 2.87. The summed E-state index contributed by atoms with van der Waals surface area (Å²) in [7, 11) is 1.92. The van der Waals surface area contributed by atoms with Crippen LogP contribution in [0.2, 0.25) is 5.02 Å². The molecule has 2 aliphatic rings. The van der Waals surface area contributed by atoms with Crippen LogP contribution < -0.4 is 5.32 Å². The molecule has 17 heavy (non-hydrogen) atoms. The third kappa shape index (κ3) is 1.88. The summed E-state index contributed by atoms with van der Waals surface area (Å²) in [5, 5.41) is 3.76. The van der Waals surface area contributed by atoms with E-state index in [2.05, 4.69) is 5.32 Å². The number of hydrogen-bond donors (Lipinski definition) is 1. The Morgan fingerprint density at radius 3 is 2.65 bits per heavy atom. The Balaban J connectivity index is 1.85. The summed E-state index contributed by atoms with van der Waals surface area (Å²) in [4.78, 5) is 0. The Labute approximate surface area is 106 Å². The molecule has 3 unspecified atom stereocenters. The topological polar surface area (TPSA) is 12.0 Å². The lowest BCUT2D eigenvalue weighted by molar-refractivity contribution is 0.428. The molecule has 0 amide bonds. The van der Waals surface area contributed by atoms with Gasteiger partial charge in [0.15, 0.2) is 0 Å². The van der Waals surface area contributed by atoms with Gasteiger partial charge in [0.2, 0.25) is 0 Å². The van der Waals surface area contributed by atoms with Crippen LogP contribution in [0.5, 0.6) is 0 Å². The van der Waals surface area contributed by atoms with Crippen LogP contribution in [0.1, 0.15) is 30.9 Å². The number of fused-ring (bicyclic) bond motifs is 1. The van der Waals surface area contributed by atoms with Gasteiger partial charge in [0.05, 0.1) is 0 Å². The fourth-order valence-electron chi connectivity index (χ4n) is 3.68. The van der Waals surface area contributed by atoms with E-state index in [-0.39, 0.29) is 11.9 Å². The Morgan fingerprint density at radius 1 is 1.35 bits per heavy atom. The van der Waals surface area contributed by atoms with Crippen molar-refractivity contribution in [1.82, 2.24) is 5.32 Å². The van der Waals surface area contributed by atoms with Crippen molar-refractivity contribution >= 4 is 11.6 Å². The van der Waals surface area contributed by atoms with Crippen molar-refractivity contribution in [3.63, 3.8) is 0 Å². The zero-order valence-corrected chi connectivity index (χ0v) is 10.7. The second-order valence-corrected chi connectivity index (χ2v) is 5.70. The molecule has 0 spiro atoms. The summed E-state index contributed by atoms with van der Waals surface area (Å²) >= 11 is 5.80. The van der Waals surface area contributed by atoms with Gasteiger partial charge >= 0.3 is 0 Å². The van der Waals surface area contributed by atoms with Gasteiger partial charge in [0.1, 0.15) is 5.82 Å². The highest BCUT2D eigenvalue weighted by molar-refractivity contribution is 6.30. The zero-order chi connectivity index (χ0) is 12.0. The van der Waals surface area contributed by atoms with E-state index in [1.54, 1.807) is 6.07 Å². The smallest absolute Gasteiger partial charge is 0.129 e. The van der Waals surface area contributed by atoms with Crippen molar-refractivity contribution in [2.75, 3.05) is 7.05 Å². The second kappa shape index (κ2) is 4.25. The van der Waals surface area contributed by atoms with Crippen LogP contribution in [0, 0.1) is 23.6 Å². The molecule has 0 bridgehead atoms. The molecule has 2 aliphatic carbocycles. The SMILES string of the molecule is CNC(c1ccc(Cl)cc1F)C1C2CCCC21. The number of halogens is 2. The maximum Gasteiger partial charge on any atom is 0.129 e. The van der Waals surface area contributed by atoms with Crippen molar-refractivity contribution in [2.45, 2.75) is 25.3 Å². The second-order valence-electron chi connectivity index (χ2n) is 5.27. The number of rotatable bonds is 3. The average Bonchev–Trinajstić information content (AvgIpc) is 2.77. The molecule has 3 rings (SSSR count). The number of benzene rings is 1. The minimum atomic E-state index is -0.179. The summed E-state index contributed by atoms with van der Waals surface area (Å²) < 4.78 is 13.9. The van der Waals surface area contributed by atoms with Gasteiger partial charge in [-0.05, 0) is 49.8 Å². The predicted octanol–water partition coefficient (Wildman–Crippen LogP) is 3.79. The third-order valence-corrected chi connectivity index (χ3v) is 4.70. The Morgan fingerprint density at radius 2 is 2.06 bits per heavy atom. The lowest BCUT2D eigenvalue weighted by atomic mass is 9.96. The van der Waals surface area contributed by atoms with Crippen LogP contribution in [-0.4, -0.2) is 7.05 Å². The lowest BCUT2D eigenvalue weighted by Crippen LogP contribution is -2.21. The van der Waals surface area contributed by atoms with E-state index in [1.165, 1.54) is 25.3 Å². The van der Waals surface area contributed by atoms with Crippen LogP contribution in [0.3, 0.4) is 0 Å². The first-order valence-electron chi connectivity index (χ1n) is 6.34. The van der Waals surface area contributed by atoms with Gasteiger partial charge in [-0.2, -0.15) is 0 Å². The van der Waals surface area contributed by atoms with Gasteiger partial charge in [-0.15, -0.1) is 0 Å². The van der Waals surface area contributed by atoms with E-state index in [4.69, 9.17) is 11.6 Å². The maximum atomic E-state index is 13.9. The van der Waals surface area contributed by atoms with Gasteiger partial charge in [-0.3, -0.25) is 0 Å². The van der Waals surface area contributed by atoms with E-state index in [0.717, 1.165) is 17.4 Å². The molecule has 2 fully saturated rings. The highest BCUT2D eigenvalue weighted by Gasteiger charge is 2.56. The molecule has 2 saturated carbocycles. The van der Waals surface area contributed by atoms with E-state index in [0.29, 0.717) is 10.9 Å². The molecule has 0 radical (unpaired) electrons. The highest BCUT2D eigenvalue weighted by atomic mass is 35.5. The molecule has 0 heterocycles. The molecule has 1 N–H and O–H groups in total. The van der Waals surface area contributed by atoms with E-state index in [1.807, 2.05) is 13.1 Å². The summed E-state index contributed by atoms with van der Waals surface area (Å²) in [5.74, 6) is 2.09. The molecule has 3 atom stereocenters. The first kappa shape index (κ1) is 11.5. The summed E-state index contributed by atoms with van der Waals surface area (Å²) in [5.41, 5.74) is 0.774. The molecular weight excluding hydrogens is 237 g/mol. The van der Waals surface area contributed by atoms with Crippen molar-refractivity contribution in [3.8, 4) is 0 Å². The molecule has 92 valence electrons. The van der Waals surface area contributed by atoms with Crippen LogP contribution in [0.15, 0.2) is 18.2 Å². The first-order chi connectivity index (χ1) is 8.22. The van der Waals surface area contributed by atoms with Crippen molar-refractivity contribution in [2.24, 2.45) is 17.8 Å². The zero-order valence-electron chi connectivity index (χ0n) is 9.92. The molecule has 3 heteroatoms. The van der Waals surface area contributed by atoms with Crippen LogP contribution in [0.25, 0.3) is 0 Å². The molecular formula is C14H17ClFN. The Hall–Kier alpha value is -0.600. The van der Waals surface area contributed by atoms with Gasteiger partial charge in [0.25, 0.3) is 0 Å². The molecule has 0 saturated heterocycles. The van der Waals surface area contributed by atoms with E-state index in [9.17, 15) is 4.39 Å². The van der Waals surface area contributed by atoms with Gasteiger partial charge in [-0.25, -0.2) is 4.39 Å². The fourth-order valence-corrected chi connectivity index (χ4v) is 3.84. The summed E-state index contributed by atoms with van der Waals surface area (Å²) in [6, 6.07) is 5.18. The standard InChI is InChI=1S/C14H17ClFN/c1-17-14(13-9-3-2-4-10(9)13)11-6-5-8(15)7-12(11)16/h5-7,9-10,13-14,17H,2-4H2,1H3. The summed E-state index contributed by atoms with van der Waals surface area (Å²) in [6.45, 7) is 0. The van der Waals surface area contributed by atoms with Gasteiger partial charge < -0.3 is 5.32 Å². The van der Waals surface area contributed by atoms with Crippen molar-refractivity contribution in [1.29, 1.82) is 0 Å². The van der Waals surface area contributed by atoms with Gasteiger partial charge in [-0.1, -0.05) is 24.1 Å². The third-order valence-electron chi connectivity index (χ3n) is 4.47. The van der Waals surface area contributed by atoms with Crippen molar-refractivity contribution in [3.05, 3.63) is 34.6 Å². The quantitative estimate of drug-likeness (QED) is 0.864. The van der Waals surface area contributed by atoms with Crippen LogP contribution in [0.4, 0.5) is 4.39 Å². The van der Waals surface area contributed by atoms with Crippen LogP contribution >= 0.6 is 11.6 Å². The van der Waals surface area contributed by atoms with Gasteiger partial charge in [0, 0.05) is 16.6 Å². The maximum absolute atomic E-state index is 13.9. The minimum absolute atomic E-state index is 0.155. The highest BCUT2D eigenvalue weighted by Crippen LogP contribution is 2.62. The number of nitrogens with one attached hydrogen (secondary N) is 1. The number of hydrogen-bond acceptors (Lipinski definition) is 1. The average molecular weight is 254 g/mol. The largest absolute Gasteiger partial charge is 0.313 e. The predicted molar refractivity (Wildman–Crippen MR) is 67.5 cm³/mol. The molecule has 0 aromatic heterocycles. The van der Waals surface area contributed by atoms with Crippen LogP contribution in [-0.2, 0) is 0 Å². The molecule has 1 nitrogen and oxygen atoms in total. The molecule has 1 aromatic carbocycles. The molecule has 0 aliphatic heterocycles. The molecule has 1 aromatic rings. The summed E-state index contributed by atoms with van der Waals surface area (Å²) in [6.07, 6.45) is 4.00. The Bertz CT molecular complexity index is 424. The minimum Gasteiger partial charge on any atom is -0.313 e. The monoisotopic (exact) mass is 253 g/mol. The first-order valence-corrected chi connectivity index (χ1v) is 6.72. The van der Waals surface area contributed by atoms with E-state index >= 15 is 0 Å². The fraction of sp³-hybridized carbons (Fsp3) is 0.571. The van der Waals surface area contributed by atoms with Crippen molar-refractivity contribution < 1.29 is 4.39 Å². The normalized spacial score (nSPS) is 32.3. The lowest BCUT2D eigenvalue weighted by Gasteiger charge is -2.19. The van der Waals surface area contributed by atoms with E-state index < -0.39 is 0 Å².